The van der Waals surface area contributed by atoms with Crippen LogP contribution in [-0.4, -0.2) is 35.5 Å². The van der Waals surface area contributed by atoms with Crippen LogP contribution in [0.2, 0.25) is 0 Å². The average molecular weight is 391 g/mol. The zero-order chi connectivity index (χ0) is 19.7. The molecule has 3 aromatic rings. The molecule has 28 heavy (non-hydrogen) atoms. The maximum atomic E-state index is 13.2. The van der Waals surface area contributed by atoms with Gasteiger partial charge in [-0.2, -0.15) is 0 Å². The molecule has 1 aliphatic rings. The van der Waals surface area contributed by atoms with E-state index >= 15 is 0 Å². The highest BCUT2D eigenvalue weighted by Crippen LogP contribution is 2.27. The summed E-state index contributed by atoms with van der Waals surface area (Å²) in [6.45, 7) is 2.57. The fourth-order valence-electron chi connectivity index (χ4n) is 3.83. The quantitative estimate of drug-likeness (QED) is 0.598. The molecule has 0 N–H and O–H groups in total. The lowest BCUT2D eigenvalue weighted by atomic mass is 9.88. The van der Waals surface area contributed by atoms with Crippen molar-refractivity contribution in [2.24, 2.45) is 5.92 Å². The summed E-state index contributed by atoms with van der Waals surface area (Å²) in [5.41, 5.74) is 0.729. The minimum Gasteiger partial charge on any atom is -0.337 e. The first-order chi connectivity index (χ1) is 13.5. The number of Topliss-reactive ketones (excluding diaryl/α,β-unsaturated/α-hetero) is 2. The highest BCUT2D eigenvalue weighted by atomic mass is 32.1. The van der Waals surface area contributed by atoms with Crippen LogP contribution in [0.4, 0.5) is 0 Å². The number of ketones is 2. The molecule has 4 nitrogen and oxygen atoms in total. The smallest absolute Gasteiger partial charge is 0.263 e. The number of rotatable bonds is 4. The third kappa shape index (κ3) is 3.50. The Kier molecular flexibility index (Phi) is 5.09. The van der Waals surface area contributed by atoms with E-state index in [0.29, 0.717) is 22.8 Å². The second-order valence-electron chi connectivity index (χ2n) is 7.20. The lowest BCUT2D eigenvalue weighted by Gasteiger charge is -2.32. The third-order valence-corrected chi connectivity index (χ3v) is 6.47. The molecule has 0 spiro atoms. The van der Waals surface area contributed by atoms with Crippen molar-refractivity contribution in [1.82, 2.24) is 4.90 Å². The Bertz CT molecular complexity index is 1060. The van der Waals surface area contributed by atoms with E-state index in [9.17, 15) is 14.4 Å². The summed E-state index contributed by atoms with van der Waals surface area (Å²) in [5, 5.41) is 2.01. The Hall–Kier alpha value is -2.79. The summed E-state index contributed by atoms with van der Waals surface area (Å²) >= 11 is 1.22. The molecule has 2 heterocycles. The largest absolute Gasteiger partial charge is 0.337 e. The van der Waals surface area contributed by atoms with E-state index in [2.05, 4.69) is 0 Å². The summed E-state index contributed by atoms with van der Waals surface area (Å²) in [7, 11) is 0. The van der Waals surface area contributed by atoms with Crippen molar-refractivity contribution in [2.45, 2.75) is 19.8 Å². The van der Waals surface area contributed by atoms with Gasteiger partial charge in [0.2, 0.25) is 0 Å². The number of piperidine rings is 1. The van der Waals surface area contributed by atoms with Crippen LogP contribution in [0.25, 0.3) is 10.8 Å². The van der Waals surface area contributed by atoms with E-state index in [1.807, 2.05) is 42.5 Å². The van der Waals surface area contributed by atoms with Gasteiger partial charge in [0.1, 0.15) is 0 Å². The van der Waals surface area contributed by atoms with Crippen molar-refractivity contribution in [3.8, 4) is 0 Å². The van der Waals surface area contributed by atoms with Gasteiger partial charge in [0, 0.05) is 24.6 Å². The maximum Gasteiger partial charge on any atom is 0.263 e. The Balaban J connectivity index is 1.55. The molecule has 1 aliphatic heterocycles. The molecule has 0 radical (unpaired) electrons. The normalized spacial score (nSPS) is 16.9. The van der Waals surface area contributed by atoms with Crippen molar-refractivity contribution < 1.29 is 14.4 Å². The second-order valence-corrected chi connectivity index (χ2v) is 8.29. The van der Waals surface area contributed by atoms with E-state index in [0.717, 1.165) is 29.2 Å². The fraction of sp³-hybridized carbons (Fsp3) is 0.261. The van der Waals surface area contributed by atoms with Gasteiger partial charge >= 0.3 is 0 Å². The van der Waals surface area contributed by atoms with E-state index in [-0.39, 0.29) is 23.4 Å². The molecule has 0 saturated carbocycles. The molecule has 1 atom stereocenters. The van der Waals surface area contributed by atoms with Crippen LogP contribution < -0.4 is 0 Å². The van der Waals surface area contributed by atoms with Crippen molar-refractivity contribution in [3.05, 3.63) is 69.9 Å². The van der Waals surface area contributed by atoms with Gasteiger partial charge in [0.25, 0.3) is 5.91 Å². The Morgan fingerprint density at radius 1 is 0.964 bits per heavy atom. The van der Waals surface area contributed by atoms with Crippen LogP contribution in [0.5, 0.6) is 0 Å². The Morgan fingerprint density at radius 2 is 1.71 bits per heavy atom. The van der Waals surface area contributed by atoms with Gasteiger partial charge in [-0.05, 0) is 42.7 Å². The number of fused-ring (bicyclic) bond motifs is 1. The standard InChI is InChI=1S/C23H21NO3S/c1-15(25)20-11-12-21(28-20)23(27)24-13-5-8-17(14-24)22(26)19-10-4-7-16-6-2-3-9-18(16)19/h2-4,6-7,9-12,17H,5,8,13-14H2,1H3. The number of hydrogen-bond donors (Lipinski definition) is 0. The zero-order valence-electron chi connectivity index (χ0n) is 15.7. The summed E-state index contributed by atoms with van der Waals surface area (Å²) in [4.78, 5) is 40.5. The molecule has 1 amide bonds. The predicted molar refractivity (Wildman–Crippen MR) is 111 cm³/mol. The molecule has 1 unspecified atom stereocenters. The SMILES string of the molecule is CC(=O)c1ccc(C(=O)N2CCCC(C(=O)c3cccc4ccccc34)C2)s1. The van der Waals surface area contributed by atoms with Gasteiger partial charge in [0.05, 0.1) is 9.75 Å². The van der Waals surface area contributed by atoms with Crippen molar-refractivity contribution in [3.63, 3.8) is 0 Å². The molecule has 2 aromatic carbocycles. The minimum absolute atomic E-state index is 0.0355. The van der Waals surface area contributed by atoms with E-state index in [1.165, 1.54) is 18.3 Å². The van der Waals surface area contributed by atoms with Crippen LogP contribution in [0.15, 0.2) is 54.6 Å². The van der Waals surface area contributed by atoms with Gasteiger partial charge in [-0.25, -0.2) is 0 Å². The van der Waals surface area contributed by atoms with Gasteiger partial charge in [-0.3, -0.25) is 14.4 Å². The number of thiophene rings is 1. The highest BCUT2D eigenvalue weighted by molar-refractivity contribution is 7.15. The molecule has 142 valence electrons. The molecule has 1 aromatic heterocycles. The number of carbonyl (C=O) groups excluding carboxylic acids is 3. The summed E-state index contributed by atoms with van der Waals surface area (Å²) in [6.07, 6.45) is 1.59. The highest BCUT2D eigenvalue weighted by Gasteiger charge is 2.30. The predicted octanol–water partition coefficient (Wildman–Crippen LogP) is 4.84. The summed E-state index contributed by atoms with van der Waals surface area (Å²) < 4.78 is 0. The molecule has 0 bridgehead atoms. The first kappa shape index (κ1) is 18.6. The van der Waals surface area contributed by atoms with Crippen LogP contribution in [0.3, 0.4) is 0 Å². The summed E-state index contributed by atoms with van der Waals surface area (Å²) in [6, 6.07) is 17.1. The molecular weight excluding hydrogens is 370 g/mol. The van der Waals surface area contributed by atoms with Crippen LogP contribution in [-0.2, 0) is 0 Å². The van der Waals surface area contributed by atoms with Crippen LogP contribution in [0.1, 0.15) is 49.5 Å². The number of hydrogen-bond acceptors (Lipinski definition) is 4. The first-order valence-electron chi connectivity index (χ1n) is 9.46. The molecule has 5 heteroatoms. The molecular formula is C23H21NO3S. The van der Waals surface area contributed by atoms with Gasteiger partial charge in [0.15, 0.2) is 11.6 Å². The third-order valence-electron chi connectivity index (χ3n) is 5.30. The number of likely N-dealkylation sites (tertiary alicyclic amines) is 1. The molecule has 4 rings (SSSR count). The number of benzene rings is 2. The fourth-order valence-corrected chi connectivity index (χ4v) is 4.70. The second kappa shape index (κ2) is 7.68. The zero-order valence-corrected chi connectivity index (χ0v) is 16.5. The van der Waals surface area contributed by atoms with E-state index in [1.54, 1.807) is 17.0 Å². The number of carbonyl (C=O) groups is 3. The van der Waals surface area contributed by atoms with Crippen molar-refractivity contribution in [2.75, 3.05) is 13.1 Å². The minimum atomic E-state index is -0.198. The topological polar surface area (TPSA) is 54.5 Å². The van der Waals surface area contributed by atoms with Crippen molar-refractivity contribution >= 4 is 39.6 Å². The molecule has 1 saturated heterocycles. The van der Waals surface area contributed by atoms with E-state index < -0.39 is 0 Å². The average Bonchev–Trinajstić information content (AvgIpc) is 3.23. The van der Waals surface area contributed by atoms with Crippen molar-refractivity contribution in [1.29, 1.82) is 0 Å². The number of amides is 1. The molecule has 0 aliphatic carbocycles. The first-order valence-corrected chi connectivity index (χ1v) is 10.3. The maximum absolute atomic E-state index is 13.2. The monoisotopic (exact) mass is 391 g/mol. The van der Waals surface area contributed by atoms with Gasteiger partial charge in [-0.1, -0.05) is 42.5 Å². The summed E-state index contributed by atoms with van der Waals surface area (Å²) in [5.74, 6) is -0.222. The van der Waals surface area contributed by atoms with Gasteiger partial charge < -0.3 is 4.90 Å². The van der Waals surface area contributed by atoms with Gasteiger partial charge in [-0.15, -0.1) is 11.3 Å². The van der Waals surface area contributed by atoms with E-state index in [4.69, 9.17) is 0 Å². The Labute approximate surface area is 167 Å². The lowest BCUT2D eigenvalue weighted by molar-refractivity contribution is 0.0641. The van der Waals surface area contributed by atoms with Crippen LogP contribution in [0, 0.1) is 5.92 Å². The lowest BCUT2D eigenvalue weighted by Crippen LogP contribution is -2.42. The molecule has 1 fully saturated rings. The van der Waals surface area contributed by atoms with Crippen LogP contribution >= 0.6 is 11.3 Å². The Morgan fingerprint density at radius 3 is 2.50 bits per heavy atom. The number of nitrogens with zero attached hydrogens (tertiary/aromatic N) is 1.